The van der Waals surface area contributed by atoms with E-state index in [0.717, 1.165) is 18.7 Å². The normalized spacial score (nSPS) is 12.7. The standard InChI is InChI=1S/C11H5F6NO/c12-10(13,14)7-2-1-6(9-4-19-5-18-9)3-8(7)11(15,16)17/h1-5H. The molecule has 0 saturated carbocycles. The summed E-state index contributed by atoms with van der Waals surface area (Å²) in [5.41, 5.74) is -3.55. The highest BCUT2D eigenvalue weighted by Gasteiger charge is 2.43. The van der Waals surface area contributed by atoms with Gasteiger partial charge >= 0.3 is 12.4 Å². The van der Waals surface area contributed by atoms with Crippen LogP contribution in [0.15, 0.2) is 35.3 Å². The highest BCUT2D eigenvalue weighted by atomic mass is 19.4. The van der Waals surface area contributed by atoms with Crippen molar-refractivity contribution >= 4 is 0 Å². The number of rotatable bonds is 1. The van der Waals surface area contributed by atoms with E-state index in [-0.39, 0.29) is 11.3 Å². The number of alkyl halides is 6. The van der Waals surface area contributed by atoms with Crippen LogP contribution >= 0.6 is 0 Å². The van der Waals surface area contributed by atoms with E-state index in [1.54, 1.807) is 0 Å². The molecular weight excluding hydrogens is 276 g/mol. The number of oxazole rings is 1. The molecule has 0 aliphatic heterocycles. The summed E-state index contributed by atoms with van der Waals surface area (Å²) in [5, 5.41) is 0. The van der Waals surface area contributed by atoms with E-state index in [2.05, 4.69) is 9.40 Å². The molecule has 2 aromatic rings. The Balaban J connectivity index is 2.61. The fraction of sp³-hybridized carbons (Fsp3) is 0.182. The Kier molecular flexibility index (Phi) is 3.03. The minimum atomic E-state index is -5.11. The van der Waals surface area contributed by atoms with Crippen LogP contribution in [0.25, 0.3) is 11.3 Å². The van der Waals surface area contributed by atoms with Crippen molar-refractivity contribution < 1.29 is 30.8 Å². The lowest BCUT2D eigenvalue weighted by Crippen LogP contribution is -2.16. The predicted molar refractivity (Wildman–Crippen MR) is 51.9 cm³/mol. The van der Waals surface area contributed by atoms with Crippen molar-refractivity contribution in [3.8, 4) is 11.3 Å². The summed E-state index contributed by atoms with van der Waals surface area (Å²) < 4.78 is 80.1. The fourth-order valence-corrected chi connectivity index (χ4v) is 1.54. The lowest BCUT2D eigenvalue weighted by Gasteiger charge is -2.16. The van der Waals surface area contributed by atoms with Crippen molar-refractivity contribution in [1.82, 2.24) is 4.98 Å². The Hall–Kier alpha value is -1.99. The topological polar surface area (TPSA) is 26.0 Å². The van der Waals surface area contributed by atoms with Crippen molar-refractivity contribution in [3.63, 3.8) is 0 Å². The van der Waals surface area contributed by atoms with E-state index in [0.29, 0.717) is 12.1 Å². The van der Waals surface area contributed by atoms with Crippen LogP contribution in [0, 0.1) is 0 Å². The van der Waals surface area contributed by atoms with Crippen LogP contribution in [0.4, 0.5) is 26.3 Å². The van der Waals surface area contributed by atoms with E-state index in [4.69, 9.17) is 0 Å². The molecule has 0 fully saturated rings. The molecule has 2 nitrogen and oxygen atoms in total. The fourth-order valence-electron chi connectivity index (χ4n) is 1.54. The maximum atomic E-state index is 12.7. The van der Waals surface area contributed by atoms with E-state index < -0.39 is 23.5 Å². The molecule has 0 aliphatic carbocycles. The van der Waals surface area contributed by atoms with Crippen LogP contribution in [0.5, 0.6) is 0 Å². The maximum Gasteiger partial charge on any atom is 0.417 e. The molecule has 19 heavy (non-hydrogen) atoms. The largest absolute Gasteiger partial charge is 0.451 e. The van der Waals surface area contributed by atoms with Crippen LogP contribution in [0.3, 0.4) is 0 Å². The lowest BCUT2D eigenvalue weighted by atomic mass is 10.0. The Bertz CT molecular complexity index is 570. The summed E-state index contributed by atoms with van der Waals surface area (Å²) in [6.45, 7) is 0. The van der Waals surface area contributed by atoms with Gasteiger partial charge in [-0.2, -0.15) is 26.3 Å². The van der Waals surface area contributed by atoms with Gasteiger partial charge in [0.05, 0.1) is 11.1 Å². The Labute approximate surface area is 102 Å². The second-order valence-electron chi connectivity index (χ2n) is 3.63. The highest BCUT2D eigenvalue weighted by molar-refractivity contribution is 5.60. The minimum Gasteiger partial charge on any atom is -0.451 e. The van der Waals surface area contributed by atoms with Gasteiger partial charge in [0, 0.05) is 5.56 Å². The molecule has 0 saturated heterocycles. The minimum absolute atomic E-state index is 0.0271. The van der Waals surface area contributed by atoms with Gasteiger partial charge in [0.15, 0.2) is 6.39 Å². The van der Waals surface area contributed by atoms with Gasteiger partial charge in [-0.1, -0.05) is 6.07 Å². The van der Waals surface area contributed by atoms with Crippen LogP contribution in [0.1, 0.15) is 11.1 Å². The van der Waals surface area contributed by atoms with Crippen LogP contribution in [-0.4, -0.2) is 4.98 Å². The van der Waals surface area contributed by atoms with E-state index in [9.17, 15) is 26.3 Å². The molecule has 1 heterocycles. The summed E-state index contributed by atoms with van der Waals surface area (Å²) >= 11 is 0. The zero-order chi connectivity index (χ0) is 14.3. The van der Waals surface area contributed by atoms with E-state index in [1.807, 2.05) is 0 Å². The molecular formula is C11H5F6NO. The predicted octanol–water partition coefficient (Wildman–Crippen LogP) is 4.38. The summed E-state index contributed by atoms with van der Waals surface area (Å²) in [6, 6.07) is 1.70. The molecule has 2 rings (SSSR count). The summed E-state index contributed by atoms with van der Waals surface area (Å²) in [4.78, 5) is 3.59. The third-order valence-corrected chi connectivity index (χ3v) is 2.36. The van der Waals surface area contributed by atoms with Gasteiger partial charge in [-0.3, -0.25) is 0 Å². The summed E-state index contributed by atoms with van der Waals surface area (Å²) in [6.07, 6.45) is -8.17. The highest BCUT2D eigenvalue weighted by Crippen LogP contribution is 2.41. The zero-order valence-electron chi connectivity index (χ0n) is 9.01. The molecule has 0 N–H and O–H groups in total. The van der Waals surface area contributed by atoms with Gasteiger partial charge in [0.2, 0.25) is 0 Å². The van der Waals surface area contributed by atoms with Gasteiger partial charge in [0.25, 0.3) is 0 Å². The first-order chi connectivity index (χ1) is 8.69. The molecule has 0 radical (unpaired) electrons. The Morgan fingerprint density at radius 2 is 1.53 bits per heavy atom. The molecule has 0 aliphatic rings. The average Bonchev–Trinajstić information content (AvgIpc) is 2.79. The molecule has 0 unspecified atom stereocenters. The van der Waals surface area contributed by atoms with Crippen molar-refractivity contribution in [2.75, 3.05) is 0 Å². The molecule has 102 valence electrons. The van der Waals surface area contributed by atoms with Gasteiger partial charge < -0.3 is 4.42 Å². The molecule has 1 aromatic carbocycles. The quantitative estimate of drug-likeness (QED) is 0.725. The van der Waals surface area contributed by atoms with Crippen molar-refractivity contribution in [3.05, 3.63) is 42.0 Å². The molecule has 0 amide bonds. The number of aromatic nitrogens is 1. The first kappa shape index (κ1) is 13.4. The molecule has 1 aromatic heterocycles. The number of nitrogens with zero attached hydrogens (tertiary/aromatic N) is 1. The first-order valence-corrected chi connectivity index (χ1v) is 4.86. The van der Waals surface area contributed by atoms with Gasteiger partial charge in [-0.15, -0.1) is 0 Å². The number of hydrogen-bond acceptors (Lipinski definition) is 2. The number of hydrogen-bond donors (Lipinski definition) is 0. The Morgan fingerprint density at radius 3 is 2.00 bits per heavy atom. The van der Waals surface area contributed by atoms with Crippen molar-refractivity contribution in [1.29, 1.82) is 0 Å². The van der Waals surface area contributed by atoms with Crippen LogP contribution in [0.2, 0.25) is 0 Å². The van der Waals surface area contributed by atoms with Gasteiger partial charge in [-0.25, -0.2) is 4.98 Å². The van der Waals surface area contributed by atoms with Gasteiger partial charge in [0.1, 0.15) is 12.0 Å². The monoisotopic (exact) mass is 281 g/mol. The van der Waals surface area contributed by atoms with E-state index >= 15 is 0 Å². The van der Waals surface area contributed by atoms with Crippen LogP contribution < -0.4 is 0 Å². The second kappa shape index (κ2) is 4.29. The maximum absolute atomic E-state index is 12.7. The molecule has 8 heteroatoms. The first-order valence-electron chi connectivity index (χ1n) is 4.86. The summed E-state index contributed by atoms with van der Waals surface area (Å²) in [5.74, 6) is 0. The molecule has 0 bridgehead atoms. The second-order valence-corrected chi connectivity index (χ2v) is 3.63. The third-order valence-electron chi connectivity index (χ3n) is 2.36. The number of halogens is 6. The smallest absolute Gasteiger partial charge is 0.417 e. The van der Waals surface area contributed by atoms with Crippen molar-refractivity contribution in [2.45, 2.75) is 12.4 Å². The number of benzene rings is 1. The zero-order valence-corrected chi connectivity index (χ0v) is 9.01. The van der Waals surface area contributed by atoms with Gasteiger partial charge in [-0.05, 0) is 12.1 Å². The SMILES string of the molecule is FC(F)(F)c1ccc(-c2cocn2)cc1C(F)(F)F. The molecule has 0 atom stereocenters. The lowest BCUT2D eigenvalue weighted by molar-refractivity contribution is -0.162. The molecule has 0 spiro atoms. The van der Waals surface area contributed by atoms with Crippen molar-refractivity contribution in [2.24, 2.45) is 0 Å². The Morgan fingerprint density at radius 1 is 0.895 bits per heavy atom. The third kappa shape index (κ3) is 2.72. The van der Waals surface area contributed by atoms with E-state index in [1.165, 1.54) is 0 Å². The average molecular weight is 281 g/mol. The summed E-state index contributed by atoms with van der Waals surface area (Å²) in [7, 11) is 0. The van der Waals surface area contributed by atoms with Crippen LogP contribution in [-0.2, 0) is 12.4 Å².